The third-order valence-corrected chi connectivity index (χ3v) is 2.72. The van der Waals surface area contributed by atoms with Crippen molar-refractivity contribution in [2.45, 2.75) is 38.8 Å². The molecule has 1 atom stereocenters. The van der Waals surface area contributed by atoms with Crippen molar-refractivity contribution in [3.05, 3.63) is 29.8 Å². The molecule has 1 rings (SSSR count). The average molecular weight is 301 g/mol. The van der Waals surface area contributed by atoms with Crippen LogP contribution in [-0.4, -0.2) is 29.6 Å². The van der Waals surface area contributed by atoms with Gasteiger partial charge in [0.05, 0.1) is 6.42 Å². The molecule has 0 aliphatic rings. The number of halogens is 2. The van der Waals surface area contributed by atoms with Gasteiger partial charge in [0, 0.05) is 0 Å². The Morgan fingerprint density at radius 2 is 1.90 bits per heavy atom. The van der Waals surface area contributed by atoms with Crippen LogP contribution in [0.4, 0.5) is 8.78 Å². The summed E-state index contributed by atoms with van der Waals surface area (Å²) in [4.78, 5) is 22.7. The molecule has 116 valence electrons. The number of hydrogen-bond donors (Lipinski definition) is 2. The molecule has 0 aliphatic carbocycles. The number of hydrogen-bond acceptors (Lipinski definition) is 3. The highest BCUT2D eigenvalue weighted by atomic mass is 19.3. The van der Waals surface area contributed by atoms with Crippen LogP contribution in [0.15, 0.2) is 24.3 Å². The second-order valence-corrected chi connectivity index (χ2v) is 4.45. The summed E-state index contributed by atoms with van der Waals surface area (Å²) < 4.78 is 28.2. The molecule has 0 saturated heterocycles. The van der Waals surface area contributed by atoms with Crippen molar-refractivity contribution >= 4 is 11.9 Å². The van der Waals surface area contributed by atoms with E-state index in [1.807, 2.05) is 6.92 Å². The smallest absolute Gasteiger partial charge is 0.387 e. The predicted octanol–water partition coefficient (Wildman–Crippen LogP) is 2.20. The first-order valence-electron chi connectivity index (χ1n) is 6.48. The highest BCUT2D eigenvalue weighted by Crippen LogP contribution is 2.15. The van der Waals surface area contributed by atoms with Gasteiger partial charge in [-0.15, -0.1) is 0 Å². The Bertz CT molecular complexity index is 476. The van der Waals surface area contributed by atoms with E-state index in [-0.39, 0.29) is 12.2 Å². The van der Waals surface area contributed by atoms with Gasteiger partial charge in [-0.25, -0.2) is 4.79 Å². The van der Waals surface area contributed by atoms with Gasteiger partial charge in [-0.05, 0) is 24.1 Å². The molecule has 2 N–H and O–H groups in total. The summed E-state index contributed by atoms with van der Waals surface area (Å²) in [6, 6.07) is 4.70. The van der Waals surface area contributed by atoms with Gasteiger partial charge >= 0.3 is 12.6 Å². The minimum atomic E-state index is -2.90. The molecule has 0 fully saturated rings. The zero-order chi connectivity index (χ0) is 15.8. The van der Waals surface area contributed by atoms with E-state index in [1.165, 1.54) is 24.3 Å². The van der Waals surface area contributed by atoms with Crippen molar-refractivity contribution in [3.63, 3.8) is 0 Å². The summed E-state index contributed by atoms with van der Waals surface area (Å²) in [7, 11) is 0. The van der Waals surface area contributed by atoms with E-state index in [0.717, 1.165) is 0 Å². The summed E-state index contributed by atoms with van der Waals surface area (Å²) in [6.07, 6.45) is 0.960. The second-order valence-electron chi connectivity index (χ2n) is 4.45. The number of alkyl halides is 2. The number of nitrogens with one attached hydrogen (secondary N) is 1. The van der Waals surface area contributed by atoms with Gasteiger partial charge in [0.15, 0.2) is 0 Å². The largest absolute Gasteiger partial charge is 0.480 e. The Labute approximate surface area is 120 Å². The van der Waals surface area contributed by atoms with Gasteiger partial charge in [-0.2, -0.15) is 8.78 Å². The van der Waals surface area contributed by atoms with E-state index in [2.05, 4.69) is 10.1 Å². The average Bonchev–Trinajstić information content (AvgIpc) is 2.40. The summed E-state index contributed by atoms with van der Waals surface area (Å²) in [5.74, 6) is -1.51. The van der Waals surface area contributed by atoms with Gasteiger partial charge in [-0.3, -0.25) is 4.79 Å². The number of carbonyl (C=O) groups is 2. The first-order valence-corrected chi connectivity index (χ1v) is 6.48. The molecule has 0 spiro atoms. The van der Waals surface area contributed by atoms with Crippen molar-refractivity contribution in [2.24, 2.45) is 0 Å². The lowest BCUT2D eigenvalue weighted by Gasteiger charge is -2.13. The fourth-order valence-corrected chi connectivity index (χ4v) is 1.77. The molecule has 1 aromatic carbocycles. The Morgan fingerprint density at radius 3 is 2.38 bits per heavy atom. The number of rotatable bonds is 8. The minimum absolute atomic E-state index is 0.00329. The summed E-state index contributed by atoms with van der Waals surface area (Å²) >= 11 is 0. The summed E-state index contributed by atoms with van der Waals surface area (Å²) in [5, 5.41) is 11.4. The fraction of sp³-hybridized carbons (Fsp3) is 0.429. The third-order valence-electron chi connectivity index (χ3n) is 2.72. The third kappa shape index (κ3) is 6.20. The van der Waals surface area contributed by atoms with Crippen molar-refractivity contribution in [3.8, 4) is 5.75 Å². The number of amides is 1. The number of carboxylic acids is 1. The first-order chi connectivity index (χ1) is 9.92. The topological polar surface area (TPSA) is 75.6 Å². The van der Waals surface area contributed by atoms with Crippen molar-refractivity contribution in [1.82, 2.24) is 5.32 Å². The molecule has 0 radical (unpaired) electrons. The number of benzene rings is 1. The Morgan fingerprint density at radius 1 is 1.29 bits per heavy atom. The van der Waals surface area contributed by atoms with Crippen LogP contribution in [-0.2, 0) is 16.0 Å². The number of carbonyl (C=O) groups excluding carboxylic acids is 1. The van der Waals surface area contributed by atoms with Crippen LogP contribution >= 0.6 is 0 Å². The molecule has 0 bridgehead atoms. The van der Waals surface area contributed by atoms with Gasteiger partial charge in [0.1, 0.15) is 11.8 Å². The van der Waals surface area contributed by atoms with E-state index in [4.69, 9.17) is 5.11 Å². The molecule has 0 aromatic heterocycles. The van der Waals surface area contributed by atoms with Crippen LogP contribution < -0.4 is 10.1 Å². The molecule has 0 unspecified atom stereocenters. The zero-order valence-electron chi connectivity index (χ0n) is 11.5. The summed E-state index contributed by atoms with van der Waals surface area (Å²) in [5.41, 5.74) is 0.578. The monoisotopic (exact) mass is 301 g/mol. The van der Waals surface area contributed by atoms with E-state index in [0.29, 0.717) is 18.4 Å². The predicted molar refractivity (Wildman–Crippen MR) is 71.3 cm³/mol. The van der Waals surface area contributed by atoms with Gasteiger partial charge in [-0.1, -0.05) is 25.5 Å². The first kappa shape index (κ1) is 16.9. The van der Waals surface area contributed by atoms with Gasteiger partial charge < -0.3 is 15.2 Å². The van der Waals surface area contributed by atoms with E-state index >= 15 is 0 Å². The van der Waals surface area contributed by atoms with E-state index in [9.17, 15) is 18.4 Å². The maximum absolute atomic E-state index is 12.0. The van der Waals surface area contributed by atoms with Crippen molar-refractivity contribution in [1.29, 1.82) is 0 Å². The molecule has 0 aliphatic heterocycles. The lowest BCUT2D eigenvalue weighted by Crippen LogP contribution is -2.41. The molecular formula is C14H17F2NO4. The van der Waals surface area contributed by atoms with Crippen LogP contribution in [0.1, 0.15) is 25.3 Å². The molecule has 1 amide bonds. The Balaban J connectivity index is 2.56. The van der Waals surface area contributed by atoms with Gasteiger partial charge in [0.2, 0.25) is 5.91 Å². The highest BCUT2D eigenvalue weighted by Gasteiger charge is 2.18. The highest BCUT2D eigenvalue weighted by molar-refractivity contribution is 5.84. The molecular weight excluding hydrogens is 284 g/mol. The lowest BCUT2D eigenvalue weighted by atomic mass is 10.1. The Kier molecular flexibility index (Phi) is 6.58. The SMILES string of the molecule is CCC[C@@H](NC(=O)Cc1ccc(OC(F)F)cc1)C(=O)O. The van der Waals surface area contributed by atoms with E-state index < -0.39 is 24.5 Å². The maximum Gasteiger partial charge on any atom is 0.387 e. The quantitative estimate of drug-likeness (QED) is 0.772. The number of ether oxygens (including phenoxy) is 1. The number of aliphatic carboxylic acids is 1. The fourth-order valence-electron chi connectivity index (χ4n) is 1.77. The van der Waals surface area contributed by atoms with Crippen LogP contribution in [0.5, 0.6) is 5.75 Å². The zero-order valence-corrected chi connectivity index (χ0v) is 11.5. The lowest BCUT2D eigenvalue weighted by molar-refractivity contribution is -0.141. The maximum atomic E-state index is 12.0. The molecule has 0 heterocycles. The van der Waals surface area contributed by atoms with Crippen molar-refractivity contribution in [2.75, 3.05) is 0 Å². The normalized spacial score (nSPS) is 12.0. The van der Waals surface area contributed by atoms with Crippen LogP contribution in [0.25, 0.3) is 0 Å². The number of carboxylic acid groups (broad SMARTS) is 1. The Hall–Kier alpha value is -2.18. The molecule has 1 aromatic rings. The van der Waals surface area contributed by atoms with Crippen LogP contribution in [0, 0.1) is 0 Å². The molecule has 21 heavy (non-hydrogen) atoms. The molecule has 5 nitrogen and oxygen atoms in total. The second kappa shape index (κ2) is 8.18. The molecule has 7 heteroatoms. The standard InChI is InChI=1S/C14H17F2NO4/c1-2-3-11(13(19)20)17-12(18)8-9-4-6-10(7-5-9)21-14(15)16/h4-7,11,14H,2-3,8H2,1H3,(H,17,18)(H,19,20)/t11-/m1/s1. The van der Waals surface area contributed by atoms with Crippen molar-refractivity contribution < 1.29 is 28.2 Å². The van der Waals surface area contributed by atoms with Crippen LogP contribution in [0.3, 0.4) is 0 Å². The van der Waals surface area contributed by atoms with E-state index in [1.54, 1.807) is 0 Å². The van der Waals surface area contributed by atoms with Gasteiger partial charge in [0.25, 0.3) is 0 Å². The summed E-state index contributed by atoms with van der Waals surface area (Å²) in [6.45, 7) is -1.08. The molecule has 0 saturated carbocycles. The van der Waals surface area contributed by atoms with Crippen LogP contribution in [0.2, 0.25) is 0 Å². The minimum Gasteiger partial charge on any atom is -0.480 e.